The van der Waals surface area contributed by atoms with Crippen LogP contribution >= 0.6 is 0 Å². The number of hydrogen-bond acceptors (Lipinski definition) is 7. The van der Waals surface area contributed by atoms with E-state index < -0.39 is 39.8 Å². The van der Waals surface area contributed by atoms with Gasteiger partial charge in [0, 0.05) is 18.3 Å². The van der Waals surface area contributed by atoms with E-state index in [2.05, 4.69) is 5.32 Å². The van der Waals surface area contributed by atoms with Gasteiger partial charge in [-0.25, -0.2) is 13.2 Å². The minimum absolute atomic E-state index is 0.0485. The first-order valence-corrected chi connectivity index (χ1v) is 11.0. The third-order valence-corrected chi connectivity index (χ3v) is 6.30. The third kappa shape index (κ3) is 6.02. The molecule has 0 spiro atoms. The lowest BCUT2D eigenvalue weighted by molar-refractivity contribution is -0.141. The van der Waals surface area contributed by atoms with Crippen molar-refractivity contribution >= 4 is 33.3 Å². The number of anilines is 1. The zero-order valence-corrected chi connectivity index (χ0v) is 17.1. The second-order valence-electron chi connectivity index (χ2n) is 6.69. The van der Waals surface area contributed by atoms with Crippen LogP contribution in [0, 0.1) is 11.3 Å². The predicted octanol–water partition coefficient (Wildman–Crippen LogP) is 1.12. The summed E-state index contributed by atoms with van der Waals surface area (Å²) in [6, 6.07) is 7.16. The standard InChI is InChI=1S/C19H23N3O6S/c1-3-22(16-9-11-29(26,27)12-16)18(24)13(2)28-19(25)14-4-6-15(7-5-14)21-17(23)8-10-20/h4-7,13,16H,3,8-9,11-12H2,1-2H3,(H,21,23). The van der Waals surface area contributed by atoms with Gasteiger partial charge < -0.3 is 15.0 Å². The summed E-state index contributed by atoms with van der Waals surface area (Å²) >= 11 is 0. The number of hydrogen-bond donors (Lipinski definition) is 1. The van der Waals surface area contributed by atoms with Crippen LogP contribution in [0.5, 0.6) is 0 Å². The fourth-order valence-electron chi connectivity index (χ4n) is 3.09. The van der Waals surface area contributed by atoms with Crippen LogP contribution in [0.1, 0.15) is 37.0 Å². The molecule has 2 unspecified atom stereocenters. The van der Waals surface area contributed by atoms with Gasteiger partial charge in [-0.15, -0.1) is 0 Å². The lowest BCUT2D eigenvalue weighted by Gasteiger charge is -2.29. The van der Waals surface area contributed by atoms with Crippen LogP contribution in [0.25, 0.3) is 0 Å². The molecule has 29 heavy (non-hydrogen) atoms. The largest absolute Gasteiger partial charge is 0.449 e. The number of nitrogens with zero attached hydrogens (tertiary/aromatic N) is 2. The van der Waals surface area contributed by atoms with Gasteiger partial charge in [-0.1, -0.05) is 0 Å². The average molecular weight is 421 g/mol. The Morgan fingerprint density at radius 1 is 1.31 bits per heavy atom. The first-order valence-electron chi connectivity index (χ1n) is 9.15. The number of amides is 2. The average Bonchev–Trinajstić information content (AvgIpc) is 3.02. The van der Waals surface area contributed by atoms with E-state index in [1.807, 2.05) is 0 Å². The van der Waals surface area contributed by atoms with Gasteiger partial charge in [0.2, 0.25) is 5.91 Å². The second-order valence-corrected chi connectivity index (χ2v) is 8.92. The van der Waals surface area contributed by atoms with Gasteiger partial charge in [-0.2, -0.15) is 5.26 Å². The summed E-state index contributed by atoms with van der Waals surface area (Å²) < 4.78 is 28.6. The number of nitrogens with one attached hydrogen (secondary N) is 1. The molecule has 1 saturated heterocycles. The molecule has 2 atom stereocenters. The number of nitriles is 1. The van der Waals surface area contributed by atoms with Crippen LogP contribution in [0.4, 0.5) is 5.69 Å². The van der Waals surface area contributed by atoms with Gasteiger partial charge in [-0.05, 0) is 44.5 Å². The SMILES string of the molecule is CCN(C(=O)C(C)OC(=O)c1ccc(NC(=O)CC#N)cc1)C1CCS(=O)(=O)C1. The van der Waals surface area contributed by atoms with Crippen molar-refractivity contribution in [1.82, 2.24) is 4.90 Å². The van der Waals surface area contributed by atoms with Gasteiger partial charge in [0.25, 0.3) is 5.91 Å². The number of ether oxygens (including phenoxy) is 1. The number of likely N-dealkylation sites (N-methyl/N-ethyl adjacent to an activating group) is 1. The Bertz CT molecular complexity index is 920. The molecule has 1 aromatic rings. The number of carbonyl (C=O) groups excluding carboxylic acids is 3. The van der Waals surface area contributed by atoms with Crippen LogP contribution in [0.15, 0.2) is 24.3 Å². The highest BCUT2D eigenvalue weighted by molar-refractivity contribution is 7.91. The van der Waals surface area contributed by atoms with Crippen molar-refractivity contribution in [3.63, 3.8) is 0 Å². The summed E-state index contributed by atoms with van der Waals surface area (Å²) in [5, 5.41) is 11.0. The normalized spacial score (nSPS) is 18.3. The van der Waals surface area contributed by atoms with Crippen molar-refractivity contribution in [3.05, 3.63) is 29.8 Å². The highest BCUT2D eigenvalue weighted by Crippen LogP contribution is 2.19. The molecule has 1 aliphatic heterocycles. The maximum absolute atomic E-state index is 12.7. The summed E-state index contributed by atoms with van der Waals surface area (Å²) in [5.41, 5.74) is 0.611. The van der Waals surface area contributed by atoms with Crippen LogP contribution in [0.2, 0.25) is 0 Å². The molecule has 0 aromatic heterocycles. The number of sulfone groups is 1. The molecule has 0 bridgehead atoms. The fraction of sp³-hybridized carbons (Fsp3) is 0.474. The zero-order valence-electron chi connectivity index (χ0n) is 16.3. The highest BCUT2D eigenvalue weighted by Gasteiger charge is 2.36. The summed E-state index contributed by atoms with van der Waals surface area (Å²) in [5.74, 6) is -1.64. The molecule has 10 heteroatoms. The number of benzene rings is 1. The highest BCUT2D eigenvalue weighted by atomic mass is 32.2. The predicted molar refractivity (Wildman–Crippen MR) is 105 cm³/mol. The summed E-state index contributed by atoms with van der Waals surface area (Å²) in [6.45, 7) is 3.51. The second kappa shape index (κ2) is 9.52. The molecule has 0 radical (unpaired) electrons. The van der Waals surface area contributed by atoms with Crippen molar-refractivity contribution < 1.29 is 27.5 Å². The molecule has 1 aromatic carbocycles. The fourth-order valence-corrected chi connectivity index (χ4v) is 4.83. The van der Waals surface area contributed by atoms with Gasteiger partial charge in [0.1, 0.15) is 6.42 Å². The minimum atomic E-state index is -3.14. The molecular weight excluding hydrogens is 398 g/mol. The summed E-state index contributed by atoms with van der Waals surface area (Å²) in [7, 11) is -3.14. The Morgan fingerprint density at radius 3 is 2.48 bits per heavy atom. The van der Waals surface area contributed by atoms with Crippen molar-refractivity contribution in [1.29, 1.82) is 5.26 Å². The number of rotatable bonds is 7. The summed E-state index contributed by atoms with van der Waals surface area (Å²) in [4.78, 5) is 37.8. The summed E-state index contributed by atoms with van der Waals surface area (Å²) in [6.07, 6.45) is -0.970. The quantitative estimate of drug-likeness (QED) is 0.652. The lowest BCUT2D eigenvalue weighted by Crippen LogP contribution is -2.46. The van der Waals surface area contributed by atoms with Gasteiger partial charge in [0.05, 0.1) is 23.1 Å². The van der Waals surface area contributed by atoms with Crippen LogP contribution < -0.4 is 5.32 Å². The minimum Gasteiger partial charge on any atom is -0.449 e. The first-order chi connectivity index (χ1) is 13.7. The van der Waals surface area contributed by atoms with Gasteiger partial charge in [-0.3, -0.25) is 9.59 Å². The Labute approximate surface area is 169 Å². The molecule has 2 amide bonds. The number of carbonyl (C=O) groups is 3. The molecule has 1 fully saturated rings. The van der Waals surface area contributed by atoms with E-state index in [4.69, 9.17) is 10.00 Å². The van der Waals surface area contributed by atoms with E-state index in [0.717, 1.165) is 0 Å². The smallest absolute Gasteiger partial charge is 0.338 e. The van der Waals surface area contributed by atoms with Crippen LogP contribution in [-0.2, 0) is 24.2 Å². The molecule has 1 heterocycles. The first kappa shape index (κ1) is 22.4. The van der Waals surface area contributed by atoms with Crippen LogP contribution in [0.3, 0.4) is 0 Å². The molecule has 9 nitrogen and oxygen atoms in total. The van der Waals surface area contributed by atoms with Crippen molar-refractivity contribution in [2.45, 2.75) is 38.8 Å². The maximum atomic E-state index is 12.7. The Kier molecular flexibility index (Phi) is 7.34. The Morgan fingerprint density at radius 2 is 1.97 bits per heavy atom. The monoisotopic (exact) mass is 421 g/mol. The molecule has 2 rings (SSSR count). The van der Waals surface area contributed by atoms with Crippen molar-refractivity contribution in [2.75, 3.05) is 23.4 Å². The molecule has 0 saturated carbocycles. The molecule has 0 aliphatic carbocycles. The molecule has 156 valence electrons. The Hall–Kier alpha value is -2.93. The van der Waals surface area contributed by atoms with E-state index in [1.54, 1.807) is 13.0 Å². The van der Waals surface area contributed by atoms with Crippen molar-refractivity contribution in [3.8, 4) is 6.07 Å². The topological polar surface area (TPSA) is 134 Å². The van der Waals surface area contributed by atoms with E-state index in [1.165, 1.54) is 36.1 Å². The molecular formula is C19H23N3O6S. The maximum Gasteiger partial charge on any atom is 0.338 e. The van der Waals surface area contributed by atoms with Gasteiger partial charge in [0.15, 0.2) is 15.9 Å². The van der Waals surface area contributed by atoms with E-state index in [0.29, 0.717) is 18.7 Å². The third-order valence-electron chi connectivity index (χ3n) is 4.55. The van der Waals surface area contributed by atoms with Gasteiger partial charge >= 0.3 is 5.97 Å². The Balaban J connectivity index is 1.97. The van der Waals surface area contributed by atoms with E-state index in [-0.39, 0.29) is 23.5 Å². The van der Waals surface area contributed by atoms with E-state index >= 15 is 0 Å². The lowest BCUT2D eigenvalue weighted by atomic mass is 10.2. The molecule has 1 N–H and O–H groups in total. The van der Waals surface area contributed by atoms with E-state index in [9.17, 15) is 22.8 Å². The van der Waals surface area contributed by atoms with Crippen molar-refractivity contribution in [2.24, 2.45) is 0 Å². The zero-order chi connectivity index (χ0) is 21.6. The van der Waals surface area contributed by atoms with Crippen LogP contribution in [-0.4, -0.2) is 61.3 Å². The molecule has 1 aliphatic rings. The number of esters is 1.